The molecule has 0 radical (unpaired) electrons. The third-order valence-corrected chi connectivity index (χ3v) is 5.51. The average molecular weight is 384 g/mol. The highest BCUT2D eigenvalue weighted by Gasteiger charge is 2.21. The molecule has 0 saturated carbocycles. The van der Waals surface area contributed by atoms with Gasteiger partial charge in [0.05, 0.1) is 5.75 Å². The molecule has 1 aliphatic heterocycles. The fraction of sp³-hybridized carbons (Fsp3) is 0.333. The van der Waals surface area contributed by atoms with E-state index in [4.69, 9.17) is 0 Å². The number of rotatable bonds is 6. The van der Waals surface area contributed by atoms with Crippen LogP contribution in [-0.2, 0) is 16.1 Å². The smallest absolute Gasteiger partial charge is 0.233 e. The van der Waals surface area contributed by atoms with Crippen LogP contribution in [-0.4, -0.2) is 53.5 Å². The van der Waals surface area contributed by atoms with E-state index in [0.717, 1.165) is 43.3 Å². The van der Waals surface area contributed by atoms with Gasteiger partial charge in [0.25, 0.3) is 0 Å². The maximum absolute atomic E-state index is 12.5. The molecule has 1 heterocycles. The van der Waals surface area contributed by atoms with E-state index >= 15 is 0 Å². The highest BCUT2D eigenvalue weighted by atomic mass is 32.2. The van der Waals surface area contributed by atoms with Crippen molar-refractivity contribution in [2.75, 3.05) is 37.2 Å². The van der Waals surface area contributed by atoms with Gasteiger partial charge in [-0.25, -0.2) is 0 Å². The summed E-state index contributed by atoms with van der Waals surface area (Å²) in [7, 11) is 0. The van der Waals surface area contributed by atoms with Gasteiger partial charge in [-0.3, -0.25) is 14.5 Å². The van der Waals surface area contributed by atoms with Crippen molar-refractivity contribution in [1.29, 1.82) is 0 Å². The van der Waals surface area contributed by atoms with Crippen molar-refractivity contribution >= 4 is 29.3 Å². The first-order chi connectivity index (χ1) is 13.1. The number of anilines is 1. The summed E-state index contributed by atoms with van der Waals surface area (Å²) in [6, 6.07) is 18.0. The van der Waals surface area contributed by atoms with Crippen LogP contribution in [0.3, 0.4) is 0 Å². The minimum Gasteiger partial charge on any atom is -0.339 e. The van der Waals surface area contributed by atoms with Crippen molar-refractivity contribution in [2.24, 2.45) is 0 Å². The van der Waals surface area contributed by atoms with E-state index in [1.165, 1.54) is 24.2 Å². The van der Waals surface area contributed by atoms with Crippen LogP contribution < -0.4 is 5.32 Å². The summed E-state index contributed by atoms with van der Waals surface area (Å²) < 4.78 is 0. The lowest BCUT2D eigenvalue weighted by Crippen LogP contribution is -2.48. The van der Waals surface area contributed by atoms with Gasteiger partial charge in [0, 0.05) is 50.2 Å². The van der Waals surface area contributed by atoms with E-state index in [9.17, 15) is 9.59 Å². The molecule has 0 bridgehead atoms. The molecular weight excluding hydrogens is 358 g/mol. The number of hydrogen-bond donors (Lipinski definition) is 1. The van der Waals surface area contributed by atoms with E-state index in [2.05, 4.69) is 34.5 Å². The van der Waals surface area contributed by atoms with Crippen molar-refractivity contribution in [1.82, 2.24) is 9.80 Å². The molecule has 0 atom stereocenters. The summed E-state index contributed by atoms with van der Waals surface area (Å²) in [5, 5.41) is 2.74. The number of carbonyl (C=O) groups excluding carboxylic acids is 2. The Hall–Kier alpha value is -2.31. The molecule has 1 N–H and O–H groups in total. The fourth-order valence-corrected chi connectivity index (χ4v) is 3.87. The van der Waals surface area contributed by atoms with Gasteiger partial charge in [-0.15, -0.1) is 11.8 Å². The molecule has 2 aromatic carbocycles. The Morgan fingerprint density at radius 2 is 1.63 bits per heavy atom. The number of benzene rings is 2. The summed E-state index contributed by atoms with van der Waals surface area (Å²) in [5.74, 6) is 0.542. The van der Waals surface area contributed by atoms with Crippen molar-refractivity contribution in [3.05, 3.63) is 60.2 Å². The quantitative estimate of drug-likeness (QED) is 0.779. The van der Waals surface area contributed by atoms with E-state index in [1.54, 1.807) is 0 Å². The van der Waals surface area contributed by atoms with E-state index < -0.39 is 0 Å². The lowest BCUT2D eigenvalue weighted by Gasteiger charge is -2.34. The lowest BCUT2D eigenvalue weighted by molar-refractivity contribution is -0.130. The van der Waals surface area contributed by atoms with Crippen LogP contribution in [0.15, 0.2) is 59.5 Å². The Morgan fingerprint density at radius 3 is 2.26 bits per heavy atom. The number of carbonyl (C=O) groups is 2. The topological polar surface area (TPSA) is 52.7 Å². The van der Waals surface area contributed by atoms with Crippen LogP contribution in [0.4, 0.5) is 5.69 Å². The van der Waals surface area contributed by atoms with Gasteiger partial charge in [-0.05, 0) is 29.8 Å². The second-order valence-corrected chi connectivity index (χ2v) is 7.69. The number of nitrogens with one attached hydrogen (secondary N) is 1. The molecule has 6 heteroatoms. The van der Waals surface area contributed by atoms with Crippen LogP contribution in [0.5, 0.6) is 0 Å². The average Bonchev–Trinajstić information content (AvgIpc) is 2.68. The molecule has 5 nitrogen and oxygen atoms in total. The normalized spacial score (nSPS) is 14.8. The first-order valence-electron chi connectivity index (χ1n) is 9.14. The summed E-state index contributed by atoms with van der Waals surface area (Å²) >= 11 is 1.54. The summed E-state index contributed by atoms with van der Waals surface area (Å²) in [4.78, 5) is 28.9. The molecule has 27 heavy (non-hydrogen) atoms. The van der Waals surface area contributed by atoms with Crippen LogP contribution in [0.2, 0.25) is 0 Å². The molecular formula is C21H25N3O2S. The standard InChI is InChI=1S/C21H25N3O2S/c1-17(25)22-19-7-9-20(10-8-19)27-16-21(26)24-13-11-23(12-14-24)15-18-5-3-2-4-6-18/h2-10H,11-16H2,1H3,(H,22,25). The second kappa shape index (κ2) is 9.58. The monoisotopic (exact) mass is 383 g/mol. The first-order valence-corrected chi connectivity index (χ1v) is 10.1. The molecule has 1 saturated heterocycles. The van der Waals surface area contributed by atoms with E-state index in [0.29, 0.717) is 5.75 Å². The molecule has 2 aromatic rings. The number of piperazine rings is 1. The molecule has 2 amide bonds. The van der Waals surface area contributed by atoms with Crippen LogP contribution in [0.25, 0.3) is 0 Å². The molecule has 0 unspecified atom stereocenters. The molecule has 3 rings (SSSR count). The molecule has 0 spiro atoms. The lowest BCUT2D eigenvalue weighted by atomic mass is 10.2. The van der Waals surface area contributed by atoms with Gasteiger partial charge in [0.15, 0.2) is 0 Å². The van der Waals surface area contributed by atoms with Gasteiger partial charge >= 0.3 is 0 Å². The minimum atomic E-state index is -0.0861. The minimum absolute atomic E-state index is 0.0861. The number of thioether (sulfide) groups is 1. The maximum atomic E-state index is 12.5. The maximum Gasteiger partial charge on any atom is 0.233 e. The van der Waals surface area contributed by atoms with E-state index in [-0.39, 0.29) is 11.8 Å². The van der Waals surface area contributed by atoms with Gasteiger partial charge in [0.2, 0.25) is 11.8 Å². The molecule has 0 aromatic heterocycles. The molecule has 142 valence electrons. The second-order valence-electron chi connectivity index (χ2n) is 6.64. The zero-order chi connectivity index (χ0) is 19.1. The molecule has 1 fully saturated rings. The number of nitrogens with zero attached hydrogens (tertiary/aromatic N) is 2. The number of hydrogen-bond acceptors (Lipinski definition) is 4. The first kappa shape index (κ1) is 19.5. The zero-order valence-corrected chi connectivity index (χ0v) is 16.4. The Bertz CT molecular complexity index is 757. The van der Waals surface area contributed by atoms with Gasteiger partial charge < -0.3 is 10.2 Å². The predicted molar refractivity (Wildman–Crippen MR) is 110 cm³/mol. The highest BCUT2D eigenvalue weighted by Crippen LogP contribution is 2.21. The predicted octanol–water partition coefficient (Wildman–Crippen LogP) is 3.08. The SMILES string of the molecule is CC(=O)Nc1ccc(SCC(=O)N2CCN(Cc3ccccc3)CC2)cc1. The van der Waals surface area contributed by atoms with Crippen LogP contribution in [0, 0.1) is 0 Å². The molecule has 0 aliphatic carbocycles. The Labute approximate surface area is 164 Å². The Kier molecular flexibility index (Phi) is 6.90. The van der Waals surface area contributed by atoms with Gasteiger partial charge in [0.1, 0.15) is 0 Å². The largest absolute Gasteiger partial charge is 0.339 e. The highest BCUT2D eigenvalue weighted by molar-refractivity contribution is 8.00. The van der Waals surface area contributed by atoms with Crippen LogP contribution in [0.1, 0.15) is 12.5 Å². The van der Waals surface area contributed by atoms with Crippen molar-refractivity contribution in [3.63, 3.8) is 0 Å². The van der Waals surface area contributed by atoms with Gasteiger partial charge in [-0.2, -0.15) is 0 Å². The Balaban J connectivity index is 1.41. The fourth-order valence-electron chi connectivity index (χ4n) is 3.07. The number of amides is 2. The van der Waals surface area contributed by atoms with Crippen molar-refractivity contribution in [2.45, 2.75) is 18.4 Å². The van der Waals surface area contributed by atoms with Crippen molar-refractivity contribution < 1.29 is 9.59 Å². The third-order valence-electron chi connectivity index (χ3n) is 4.51. The third kappa shape index (κ3) is 6.12. The summed E-state index contributed by atoms with van der Waals surface area (Å²) in [6.07, 6.45) is 0. The molecule has 1 aliphatic rings. The summed E-state index contributed by atoms with van der Waals surface area (Å²) in [6.45, 7) is 5.83. The van der Waals surface area contributed by atoms with Crippen LogP contribution >= 0.6 is 11.8 Å². The summed E-state index contributed by atoms with van der Waals surface area (Å²) in [5.41, 5.74) is 2.09. The van der Waals surface area contributed by atoms with Crippen molar-refractivity contribution in [3.8, 4) is 0 Å². The Morgan fingerprint density at radius 1 is 0.963 bits per heavy atom. The van der Waals surface area contributed by atoms with Gasteiger partial charge in [-0.1, -0.05) is 30.3 Å². The zero-order valence-electron chi connectivity index (χ0n) is 15.6. The van der Waals surface area contributed by atoms with E-state index in [1.807, 2.05) is 35.2 Å².